The van der Waals surface area contributed by atoms with Gasteiger partial charge in [-0.1, -0.05) is 24.3 Å². The van der Waals surface area contributed by atoms with Crippen molar-refractivity contribution in [3.63, 3.8) is 0 Å². The molecule has 0 bridgehead atoms. The fourth-order valence-electron chi connectivity index (χ4n) is 3.98. The van der Waals surface area contributed by atoms with E-state index < -0.39 is 0 Å². The van der Waals surface area contributed by atoms with E-state index in [0.717, 1.165) is 31.5 Å². The first kappa shape index (κ1) is 13.7. The first-order chi connectivity index (χ1) is 10.8. The molecule has 1 aliphatic heterocycles. The third kappa shape index (κ3) is 2.59. The van der Waals surface area contributed by atoms with Crippen LogP contribution in [0.15, 0.2) is 41.5 Å². The molecular formula is C18H21N3O. The molecule has 22 heavy (non-hydrogen) atoms. The Balaban J connectivity index is 1.49. The second kappa shape index (κ2) is 5.69. The highest BCUT2D eigenvalue weighted by Gasteiger charge is 2.31. The number of fused-ring (bicyclic) bond motifs is 1. The number of benzene rings is 1. The number of likely N-dealkylation sites (tertiary alicyclic amines) is 1. The van der Waals surface area contributed by atoms with Gasteiger partial charge in [0.25, 0.3) is 5.56 Å². The Hall–Kier alpha value is -1.94. The van der Waals surface area contributed by atoms with Crippen molar-refractivity contribution in [2.75, 3.05) is 13.1 Å². The van der Waals surface area contributed by atoms with Crippen molar-refractivity contribution in [1.29, 1.82) is 0 Å². The Morgan fingerprint density at radius 3 is 2.68 bits per heavy atom. The number of aromatic amines is 1. The maximum Gasteiger partial charge on any atom is 0.250 e. The molecule has 0 radical (unpaired) electrons. The van der Waals surface area contributed by atoms with Crippen LogP contribution in [0.2, 0.25) is 0 Å². The first-order valence-corrected chi connectivity index (χ1v) is 8.15. The minimum absolute atomic E-state index is 0.0459. The average Bonchev–Trinajstić information content (AvgIpc) is 2.99. The van der Waals surface area contributed by atoms with Crippen molar-refractivity contribution < 1.29 is 0 Å². The zero-order valence-electron chi connectivity index (χ0n) is 12.7. The van der Waals surface area contributed by atoms with Gasteiger partial charge in [0.1, 0.15) is 0 Å². The van der Waals surface area contributed by atoms with Crippen molar-refractivity contribution in [1.82, 2.24) is 14.9 Å². The molecule has 2 aromatic rings. The molecule has 4 nitrogen and oxygen atoms in total. The van der Waals surface area contributed by atoms with Crippen LogP contribution in [-0.2, 0) is 12.8 Å². The van der Waals surface area contributed by atoms with E-state index in [-0.39, 0.29) is 5.56 Å². The minimum Gasteiger partial charge on any atom is -0.313 e. The molecular weight excluding hydrogens is 274 g/mol. The largest absolute Gasteiger partial charge is 0.313 e. The van der Waals surface area contributed by atoms with E-state index in [4.69, 9.17) is 0 Å². The summed E-state index contributed by atoms with van der Waals surface area (Å²) < 4.78 is 0. The highest BCUT2D eigenvalue weighted by Crippen LogP contribution is 2.31. The smallest absolute Gasteiger partial charge is 0.250 e. The highest BCUT2D eigenvalue weighted by molar-refractivity contribution is 5.33. The molecule has 1 fully saturated rings. The maximum atomic E-state index is 11.5. The Bertz CT molecular complexity index is 699. The Kier molecular flexibility index (Phi) is 3.54. The summed E-state index contributed by atoms with van der Waals surface area (Å²) in [7, 11) is 0. The van der Waals surface area contributed by atoms with Gasteiger partial charge in [0.15, 0.2) is 0 Å². The Morgan fingerprint density at radius 2 is 1.95 bits per heavy atom. The molecule has 2 aliphatic rings. The molecule has 1 aromatic carbocycles. The Morgan fingerprint density at radius 1 is 1.18 bits per heavy atom. The second-order valence-electron chi connectivity index (χ2n) is 6.50. The normalized spacial score (nSPS) is 22.6. The summed E-state index contributed by atoms with van der Waals surface area (Å²) >= 11 is 0. The third-order valence-electron chi connectivity index (χ3n) is 5.12. The van der Waals surface area contributed by atoms with Gasteiger partial charge in [-0.05, 0) is 43.4 Å². The number of nitrogens with one attached hydrogen (secondary N) is 1. The molecule has 1 aromatic heterocycles. The van der Waals surface area contributed by atoms with Crippen LogP contribution in [0.4, 0.5) is 0 Å². The minimum atomic E-state index is -0.0459. The van der Waals surface area contributed by atoms with E-state index in [1.807, 2.05) is 0 Å². The lowest BCUT2D eigenvalue weighted by Crippen LogP contribution is -2.42. The van der Waals surface area contributed by atoms with Crippen LogP contribution in [0.3, 0.4) is 0 Å². The van der Waals surface area contributed by atoms with E-state index in [0.29, 0.717) is 12.0 Å². The van der Waals surface area contributed by atoms with E-state index in [2.05, 4.69) is 39.1 Å². The fourth-order valence-corrected chi connectivity index (χ4v) is 3.98. The predicted molar refractivity (Wildman–Crippen MR) is 86.0 cm³/mol. The lowest BCUT2D eigenvalue weighted by molar-refractivity contribution is 0.151. The van der Waals surface area contributed by atoms with Crippen molar-refractivity contribution >= 4 is 0 Å². The average molecular weight is 295 g/mol. The van der Waals surface area contributed by atoms with Crippen LogP contribution in [-0.4, -0.2) is 34.0 Å². The molecule has 1 aliphatic carbocycles. The maximum absolute atomic E-state index is 11.5. The molecule has 4 rings (SSSR count). The van der Waals surface area contributed by atoms with Crippen molar-refractivity contribution in [2.24, 2.45) is 0 Å². The van der Waals surface area contributed by atoms with Crippen LogP contribution in [0.25, 0.3) is 0 Å². The van der Waals surface area contributed by atoms with Gasteiger partial charge < -0.3 is 4.98 Å². The van der Waals surface area contributed by atoms with Gasteiger partial charge in [-0.3, -0.25) is 9.69 Å². The van der Waals surface area contributed by atoms with Crippen LogP contribution in [0.5, 0.6) is 0 Å². The monoisotopic (exact) mass is 295 g/mol. The Labute approximate surface area is 130 Å². The SMILES string of the molecule is O=c1cc([C@H]2CCCN(C3Cc4ccccc4C3)C2)nc[nH]1. The summed E-state index contributed by atoms with van der Waals surface area (Å²) in [6, 6.07) is 11.1. The van der Waals surface area contributed by atoms with E-state index >= 15 is 0 Å². The van der Waals surface area contributed by atoms with E-state index in [9.17, 15) is 4.79 Å². The molecule has 0 amide bonds. The number of aromatic nitrogens is 2. The van der Waals surface area contributed by atoms with Crippen LogP contribution >= 0.6 is 0 Å². The van der Waals surface area contributed by atoms with Crippen LogP contribution in [0.1, 0.15) is 35.6 Å². The highest BCUT2D eigenvalue weighted by atomic mass is 16.1. The third-order valence-corrected chi connectivity index (χ3v) is 5.12. The first-order valence-electron chi connectivity index (χ1n) is 8.15. The number of hydrogen-bond acceptors (Lipinski definition) is 3. The summed E-state index contributed by atoms with van der Waals surface area (Å²) in [5.41, 5.74) is 3.91. The lowest BCUT2D eigenvalue weighted by Gasteiger charge is -2.36. The summed E-state index contributed by atoms with van der Waals surface area (Å²) in [6.07, 6.45) is 6.16. The van der Waals surface area contributed by atoms with Gasteiger partial charge in [-0.2, -0.15) is 0 Å². The standard InChI is InChI=1S/C18H21N3O/c22-18-10-17(19-12-20-18)15-6-3-7-21(11-15)16-8-13-4-1-2-5-14(13)9-16/h1-2,4-5,10,12,15-16H,3,6-9,11H2,(H,19,20,22)/t15-/m0/s1. The zero-order chi connectivity index (χ0) is 14.9. The number of hydrogen-bond donors (Lipinski definition) is 1. The van der Waals surface area contributed by atoms with Gasteiger partial charge in [-0.15, -0.1) is 0 Å². The summed E-state index contributed by atoms with van der Waals surface area (Å²) in [4.78, 5) is 21.1. The zero-order valence-corrected chi connectivity index (χ0v) is 12.7. The van der Waals surface area contributed by atoms with Gasteiger partial charge >= 0.3 is 0 Å². The van der Waals surface area contributed by atoms with Gasteiger partial charge in [0, 0.05) is 24.6 Å². The number of nitrogens with zero attached hydrogens (tertiary/aromatic N) is 2. The quantitative estimate of drug-likeness (QED) is 0.923. The summed E-state index contributed by atoms with van der Waals surface area (Å²) in [5.74, 6) is 0.389. The van der Waals surface area contributed by atoms with Crippen molar-refractivity contribution in [2.45, 2.75) is 37.6 Å². The molecule has 0 saturated carbocycles. The predicted octanol–water partition coefficient (Wildman–Crippen LogP) is 2.12. The molecule has 1 atom stereocenters. The molecule has 2 heterocycles. The molecule has 0 unspecified atom stereocenters. The molecule has 1 saturated heterocycles. The molecule has 4 heteroatoms. The fraction of sp³-hybridized carbons (Fsp3) is 0.444. The van der Waals surface area contributed by atoms with Crippen molar-refractivity contribution in [3.05, 3.63) is 63.8 Å². The summed E-state index contributed by atoms with van der Waals surface area (Å²) in [6.45, 7) is 2.19. The van der Waals surface area contributed by atoms with Crippen LogP contribution < -0.4 is 5.56 Å². The number of H-pyrrole nitrogens is 1. The number of piperidine rings is 1. The lowest BCUT2D eigenvalue weighted by atomic mass is 9.93. The van der Waals surface area contributed by atoms with Crippen LogP contribution in [0, 0.1) is 0 Å². The molecule has 0 spiro atoms. The van der Waals surface area contributed by atoms with Gasteiger partial charge in [0.2, 0.25) is 0 Å². The van der Waals surface area contributed by atoms with E-state index in [1.165, 1.54) is 30.4 Å². The topological polar surface area (TPSA) is 49.0 Å². The second-order valence-corrected chi connectivity index (χ2v) is 6.50. The number of rotatable bonds is 2. The molecule has 1 N–H and O–H groups in total. The van der Waals surface area contributed by atoms with Crippen molar-refractivity contribution in [3.8, 4) is 0 Å². The van der Waals surface area contributed by atoms with Gasteiger partial charge in [-0.25, -0.2) is 4.98 Å². The summed E-state index contributed by atoms with van der Waals surface area (Å²) in [5, 5.41) is 0. The molecule has 114 valence electrons. The van der Waals surface area contributed by atoms with E-state index in [1.54, 1.807) is 6.07 Å². The van der Waals surface area contributed by atoms with Gasteiger partial charge in [0.05, 0.1) is 12.0 Å².